The maximum Gasteiger partial charge on any atom is 0.122 e. The number of alkyl halides is 1. The van der Waals surface area contributed by atoms with Crippen molar-refractivity contribution in [1.82, 2.24) is 0 Å². The zero-order valence-corrected chi connectivity index (χ0v) is 18.1. The molecule has 0 aliphatic carbocycles. The Kier molecular flexibility index (Phi) is 9.31. The summed E-state index contributed by atoms with van der Waals surface area (Å²) >= 11 is 3.69. The van der Waals surface area contributed by atoms with Gasteiger partial charge in [-0.2, -0.15) is 0 Å². The summed E-state index contributed by atoms with van der Waals surface area (Å²) in [5, 5.41) is 2.46. The molecule has 0 bridgehead atoms. The van der Waals surface area contributed by atoms with Crippen LogP contribution in [0.15, 0.2) is 30.3 Å². The summed E-state index contributed by atoms with van der Waals surface area (Å²) in [4.78, 5) is 0.642. The van der Waals surface area contributed by atoms with Gasteiger partial charge in [0, 0.05) is 4.83 Å². The number of unbranched alkanes of at least 4 members (excludes halogenated alkanes) is 3. The summed E-state index contributed by atoms with van der Waals surface area (Å²) in [7, 11) is 0. The summed E-state index contributed by atoms with van der Waals surface area (Å²) in [6, 6.07) is 10.6. The Bertz CT molecular complexity index is 669. The van der Waals surface area contributed by atoms with Crippen molar-refractivity contribution in [1.29, 1.82) is 0 Å². The third-order valence-electron chi connectivity index (χ3n) is 4.84. The molecule has 0 spiro atoms. The highest BCUT2D eigenvalue weighted by atomic mass is 79.9. The van der Waals surface area contributed by atoms with Crippen LogP contribution in [0.25, 0.3) is 10.8 Å². The lowest BCUT2D eigenvalue weighted by Crippen LogP contribution is -2.01. The molecule has 26 heavy (non-hydrogen) atoms. The minimum atomic E-state index is 0.642. The number of hydrogen-bond acceptors (Lipinski definition) is 2. The molecule has 0 fully saturated rings. The van der Waals surface area contributed by atoms with Crippen LogP contribution >= 0.6 is 15.9 Å². The van der Waals surface area contributed by atoms with E-state index in [2.05, 4.69) is 67.0 Å². The predicted octanol–water partition coefficient (Wildman–Crippen LogP) is 7.44. The van der Waals surface area contributed by atoms with Crippen molar-refractivity contribution < 1.29 is 9.47 Å². The number of fused-ring (bicyclic) bond motifs is 1. The molecule has 2 nitrogen and oxygen atoms in total. The second kappa shape index (κ2) is 11.5. The summed E-state index contributed by atoms with van der Waals surface area (Å²) in [5.74, 6) is 1.96. The van der Waals surface area contributed by atoms with Crippen LogP contribution < -0.4 is 9.47 Å². The van der Waals surface area contributed by atoms with E-state index in [1.165, 1.54) is 48.4 Å². The molecule has 0 aliphatic rings. The van der Waals surface area contributed by atoms with Crippen molar-refractivity contribution in [2.75, 3.05) is 13.2 Å². The fourth-order valence-corrected chi connectivity index (χ4v) is 3.41. The zero-order valence-electron chi connectivity index (χ0n) is 16.5. The van der Waals surface area contributed by atoms with E-state index in [-0.39, 0.29) is 0 Å². The van der Waals surface area contributed by atoms with Gasteiger partial charge in [0.05, 0.1) is 13.2 Å². The highest BCUT2D eigenvalue weighted by Gasteiger charge is 2.07. The number of hydrogen-bond donors (Lipinski definition) is 0. The molecule has 2 aromatic rings. The second-order valence-corrected chi connectivity index (χ2v) is 8.27. The van der Waals surface area contributed by atoms with E-state index in [1.807, 2.05) is 0 Å². The summed E-state index contributed by atoms with van der Waals surface area (Å²) < 4.78 is 11.9. The van der Waals surface area contributed by atoms with E-state index in [1.54, 1.807) is 0 Å². The third-order valence-corrected chi connectivity index (χ3v) is 5.95. The van der Waals surface area contributed by atoms with Crippen molar-refractivity contribution in [3.63, 3.8) is 0 Å². The molecule has 144 valence electrons. The molecule has 0 saturated heterocycles. The summed E-state index contributed by atoms with van der Waals surface area (Å²) in [5.41, 5.74) is 1.21. The largest absolute Gasteiger partial charge is 0.494 e. The van der Waals surface area contributed by atoms with Crippen LogP contribution in [-0.4, -0.2) is 18.0 Å². The van der Waals surface area contributed by atoms with Gasteiger partial charge in [0.15, 0.2) is 0 Å². The predicted molar refractivity (Wildman–Crippen MR) is 116 cm³/mol. The number of ether oxygens (including phenoxy) is 2. The molecule has 0 amide bonds. The van der Waals surface area contributed by atoms with Gasteiger partial charge in [-0.25, -0.2) is 0 Å². The van der Waals surface area contributed by atoms with Crippen molar-refractivity contribution in [3.05, 3.63) is 35.9 Å². The van der Waals surface area contributed by atoms with Crippen LogP contribution in [0.5, 0.6) is 11.5 Å². The van der Waals surface area contributed by atoms with Crippen LogP contribution in [-0.2, 0) is 0 Å². The van der Waals surface area contributed by atoms with Gasteiger partial charge in [-0.3, -0.25) is 0 Å². The van der Waals surface area contributed by atoms with Gasteiger partial charge in [-0.15, -0.1) is 0 Å². The highest BCUT2D eigenvalue weighted by Crippen LogP contribution is 2.30. The van der Waals surface area contributed by atoms with Crippen molar-refractivity contribution in [3.8, 4) is 11.5 Å². The number of benzene rings is 2. The molecule has 3 heteroatoms. The molecule has 2 rings (SSSR count). The van der Waals surface area contributed by atoms with E-state index >= 15 is 0 Å². The maximum atomic E-state index is 6.04. The van der Waals surface area contributed by atoms with E-state index in [0.29, 0.717) is 4.83 Å². The minimum absolute atomic E-state index is 0.642. The van der Waals surface area contributed by atoms with Crippen LogP contribution in [0.1, 0.15) is 64.4 Å². The molecule has 0 saturated carbocycles. The van der Waals surface area contributed by atoms with Gasteiger partial charge >= 0.3 is 0 Å². The standard InChI is InChI=1S/C23H33BrO2/c1-4-6-8-15-25-21-12-13-22-18(3)23(14-11-19(22)17-21)26-16-9-7-10-20(24)5-2/h11-14,17,20H,4-10,15-16H2,1-3H3. The van der Waals surface area contributed by atoms with Crippen molar-refractivity contribution >= 4 is 26.7 Å². The number of aryl methyl sites for hydroxylation is 1. The van der Waals surface area contributed by atoms with Gasteiger partial charge in [-0.1, -0.05) is 54.8 Å². The van der Waals surface area contributed by atoms with E-state index in [9.17, 15) is 0 Å². The summed E-state index contributed by atoms with van der Waals surface area (Å²) in [6.45, 7) is 8.16. The van der Waals surface area contributed by atoms with Crippen LogP contribution in [0.3, 0.4) is 0 Å². The molecule has 0 aromatic heterocycles. The Labute approximate surface area is 167 Å². The quantitative estimate of drug-likeness (QED) is 0.262. The molecule has 0 heterocycles. The minimum Gasteiger partial charge on any atom is -0.494 e. The lowest BCUT2D eigenvalue weighted by molar-refractivity contribution is 0.303. The molecule has 0 aliphatic heterocycles. The first-order valence-electron chi connectivity index (χ1n) is 10.1. The van der Waals surface area contributed by atoms with Gasteiger partial charge in [0.1, 0.15) is 11.5 Å². The molecule has 0 N–H and O–H groups in total. The van der Waals surface area contributed by atoms with Gasteiger partial charge in [-0.05, 0) is 73.6 Å². The Balaban J connectivity index is 1.90. The first kappa shape index (κ1) is 21.1. The average molecular weight is 421 g/mol. The third kappa shape index (κ3) is 6.50. The topological polar surface area (TPSA) is 18.5 Å². The Morgan fingerprint density at radius 2 is 1.69 bits per heavy atom. The molecule has 0 radical (unpaired) electrons. The highest BCUT2D eigenvalue weighted by molar-refractivity contribution is 9.09. The molecular formula is C23H33BrO2. The lowest BCUT2D eigenvalue weighted by atomic mass is 10.0. The number of rotatable bonds is 12. The first-order valence-corrected chi connectivity index (χ1v) is 11.0. The Morgan fingerprint density at radius 3 is 2.46 bits per heavy atom. The SMILES string of the molecule is CCCCCOc1ccc2c(C)c(OCCCCC(Br)CC)ccc2c1. The fourth-order valence-electron chi connectivity index (χ4n) is 3.09. The van der Waals surface area contributed by atoms with Crippen molar-refractivity contribution in [2.45, 2.75) is 70.5 Å². The van der Waals surface area contributed by atoms with Crippen LogP contribution in [0.4, 0.5) is 0 Å². The molecule has 2 aromatic carbocycles. The van der Waals surface area contributed by atoms with Crippen LogP contribution in [0.2, 0.25) is 0 Å². The van der Waals surface area contributed by atoms with Crippen LogP contribution in [0, 0.1) is 6.92 Å². The Morgan fingerprint density at radius 1 is 0.923 bits per heavy atom. The molecule has 1 unspecified atom stereocenters. The zero-order chi connectivity index (χ0) is 18.8. The molecule has 1 atom stereocenters. The fraction of sp³-hybridized carbons (Fsp3) is 0.565. The Hall–Kier alpha value is -1.22. The number of halogens is 1. The monoisotopic (exact) mass is 420 g/mol. The normalized spacial score (nSPS) is 12.3. The van der Waals surface area contributed by atoms with E-state index in [0.717, 1.165) is 37.6 Å². The van der Waals surface area contributed by atoms with Gasteiger partial charge in [0.2, 0.25) is 0 Å². The second-order valence-electron chi connectivity index (χ2n) is 6.98. The van der Waals surface area contributed by atoms with Crippen molar-refractivity contribution in [2.24, 2.45) is 0 Å². The summed E-state index contributed by atoms with van der Waals surface area (Å²) in [6.07, 6.45) is 8.28. The lowest BCUT2D eigenvalue weighted by Gasteiger charge is -2.13. The van der Waals surface area contributed by atoms with E-state index in [4.69, 9.17) is 9.47 Å². The van der Waals surface area contributed by atoms with E-state index < -0.39 is 0 Å². The van der Waals surface area contributed by atoms with Gasteiger partial charge in [0.25, 0.3) is 0 Å². The first-order chi connectivity index (χ1) is 12.7. The molecular weight excluding hydrogens is 388 g/mol. The smallest absolute Gasteiger partial charge is 0.122 e. The average Bonchev–Trinajstić information content (AvgIpc) is 2.66. The maximum absolute atomic E-state index is 6.04. The van der Waals surface area contributed by atoms with Gasteiger partial charge < -0.3 is 9.47 Å².